The summed E-state index contributed by atoms with van der Waals surface area (Å²) in [4.78, 5) is 11.6. The van der Waals surface area contributed by atoms with Gasteiger partial charge in [-0.2, -0.15) is 4.31 Å². The molecule has 8 nitrogen and oxygen atoms in total. The zero-order valence-corrected chi connectivity index (χ0v) is 18.7. The predicted octanol–water partition coefficient (Wildman–Crippen LogP) is 4.43. The number of sulfonamides is 1. The third kappa shape index (κ3) is 4.58. The number of aryl methyl sites for hydroxylation is 1. The van der Waals surface area contributed by atoms with Gasteiger partial charge in [0.15, 0.2) is 6.23 Å². The van der Waals surface area contributed by atoms with E-state index in [9.17, 15) is 22.0 Å². The maximum absolute atomic E-state index is 14.8. The fourth-order valence-electron chi connectivity index (χ4n) is 3.77. The van der Waals surface area contributed by atoms with E-state index in [1.165, 1.54) is 60.1 Å². The number of carbonyl (C=O) groups is 1. The molecule has 0 saturated carbocycles. The van der Waals surface area contributed by atoms with Crippen molar-refractivity contribution >= 4 is 16.1 Å². The topological polar surface area (TPSA) is 105 Å². The molecule has 3 aromatic rings. The van der Waals surface area contributed by atoms with Gasteiger partial charge < -0.3 is 9.47 Å². The number of fused-ring (bicyclic) bond motifs is 1. The summed E-state index contributed by atoms with van der Waals surface area (Å²) in [5.41, 5.74) is 2.44. The van der Waals surface area contributed by atoms with E-state index in [-0.39, 0.29) is 23.4 Å². The van der Waals surface area contributed by atoms with Gasteiger partial charge in [-0.15, -0.1) is 0 Å². The molecule has 1 atom stereocenters. The van der Waals surface area contributed by atoms with Crippen LogP contribution in [-0.2, 0) is 21.2 Å². The molecule has 3 aromatic carbocycles. The molecule has 1 aliphatic heterocycles. The van der Waals surface area contributed by atoms with Crippen molar-refractivity contribution in [3.8, 4) is 11.5 Å². The zero-order chi connectivity index (χ0) is 24.5. The molecule has 0 fully saturated rings. The fourth-order valence-corrected chi connectivity index (χ4v) is 5.26. The Balaban J connectivity index is 1.66. The Labute approximate surface area is 194 Å². The summed E-state index contributed by atoms with van der Waals surface area (Å²) >= 11 is 0. The summed E-state index contributed by atoms with van der Waals surface area (Å²) in [6.45, 7) is 1.66. The van der Waals surface area contributed by atoms with Crippen LogP contribution >= 0.6 is 0 Å². The molecule has 2 N–H and O–H groups in total. The molecule has 1 amide bonds. The number of amides is 1. The number of nitrogens with zero attached hydrogens (tertiary/aromatic N) is 1. The molecule has 0 unspecified atom stereocenters. The lowest BCUT2D eigenvalue weighted by Crippen LogP contribution is -2.43. The van der Waals surface area contributed by atoms with Crippen LogP contribution in [0.25, 0.3) is 0 Å². The Morgan fingerprint density at radius 2 is 1.65 bits per heavy atom. The van der Waals surface area contributed by atoms with Crippen LogP contribution in [-0.4, -0.2) is 30.6 Å². The minimum Gasteiger partial charge on any atom is -0.457 e. The van der Waals surface area contributed by atoms with Crippen LogP contribution in [0.3, 0.4) is 0 Å². The average Bonchev–Trinajstić information content (AvgIpc) is 2.83. The van der Waals surface area contributed by atoms with E-state index in [4.69, 9.17) is 14.7 Å². The molecule has 0 aromatic heterocycles. The maximum Gasteiger partial charge on any atom is 0.432 e. The second-order valence-electron chi connectivity index (χ2n) is 7.52. The monoisotopic (exact) mass is 490 g/mol. The average molecular weight is 490 g/mol. The number of rotatable bonds is 5. The lowest BCUT2D eigenvalue weighted by molar-refractivity contribution is 0.000335. The van der Waals surface area contributed by atoms with Crippen LogP contribution < -0.4 is 10.2 Å². The van der Waals surface area contributed by atoms with Crippen LogP contribution in [0.1, 0.15) is 22.9 Å². The third-order valence-corrected chi connectivity index (χ3v) is 7.28. The molecule has 0 saturated heterocycles. The number of hydroxylamine groups is 1. The van der Waals surface area contributed by atoms with Crippen molar-refractivity contribution in [1.82, 2.24) is 9.79 Å². The highest BCUT2D eigenvalue weighted by Gasteiger charge is 2.41. The molecule has 1 aliphatic rings. The van der Waals surface area contributed by atoms with E-state index >= 15 is 0 Å². The molecule has 11 heteroatoms. The van der Waals surface area contributed by atoms with Gasteiger partial charge in [0.05, 0.1) is 4.90 Å². The van der Waals surface area contributed by atoms with E-state index < -0.39 is 34.0 Å². The highest BCUT2D eigenvalue weighted by molar-refractivity contribution is 7.89. The van der Waals surface area contributed by atoms with Gasteiger partial charge in [-0.05, 0) is 79.1 Å². The molecule has 178 valence electrons. The number of hydrogen-bond donors (Lipinski definition) is 2. The molecule has 4 rings (SSSR count). The van der Waals surface area contributed by atoms with E-state index in [0.717, 1.165) is 4.31 Å². The number of hydrogen-bond acceptors (Lipinski definition) is 6. The van der Waals surface area contributed by atoms with Crippen LogP contribution in [0.5, 0.6) is 11.5 Å². The number of benzene rings is 3. The first-order chi connectivity index (χ1) is 16.2. The minimum absolute atomic E-state index is 0.0865. The summed E-state index contributed by atoms with van der Waals surface area (Å²) in [6, 6.07) is 13.4. The van der Waals surface area contributed by atoms with Gasteiger partial charge in [-0.1, -0.05) is 6.07 Å². The van der Waals surface area contributed by atoms with Gasteiger partial charge in [-0.3, -0.25) is 5.21 Å². The zero-order valence-electron chi connectivity index (χ0n) is 17.9. The van der Waals surface area contributed by atoms with Crippen molar-refractivity contribution in [2.24, 2.45) is 0 Å². The first kappa shape index (κ1) is 23.6. The molecule has 1 heterocycles. The van der Waals surface area contributed by atoms with Crippen LogP contribution in [0.4, 0.5) is 13.6 Å². The fraction of sp³-hybridized carbons (Fsp3) is 0.174. The predicted molar refractivity (Wildman–Crippen MR) is 116 cm³/mol. The lowest BCUT2D eigenvalue weighted by Gasteiger charge is -2.36. The second-order valence-corrected chi connectivity index (χ2v) is 9.41. The maximum atomic E-state index is 14.8. The lowest BCUT2D eigenvalue weighted by atomic mass is 9.94. The Hall–Kier alpha value is -3.54. The Morgan fingerprint density at radius 3 is 2.26 bits per heavy atom. The summed E-state index contributed by atoms with van der Waals surface area (Å²) in [6.07, 6.45) is -2.76. The molecular weight excluding hydrogens is 470 g/mol. The van der Waals surface area contributed by atoms with Gasteiger partial charge in [0.1, 0.15) is 23.1 Å². The van der Waals surface area contributed by atoms with Gasteiger partial charge in [0, 0.05) is 12.1 Å². The Morgan fingerprint density at radius 1 is 1.03 bits per heavy atom. The SMILES string of the molecule is Cc1ccc(F)c2c1CCN(S(=O)(=O)c1ccc(Oc3ccc(F)cc3)cc1)[C@H]2OC(=O)NO. The normalized spacial score (nSPS) is 15.9. The number of nitrogens with one attached hydrogen (secondary N) is 1. The van der Waals surface area contributed by atoms with Gasteiger partial charge in [0.25, 0.3) is 0 Å². The molecule has 0 bridgehead atoms. The van der Waals surface area contributed by atoms with Crippen molar-refractivity contribution < 1.29 is 36.7 Å². The first-order valence-corrected chi connectivity index (χ1v) is 11.6. The van der Waals surface area contributed by atoms with Crippen LogP contribution in [0, 0.1) is 18.6 Å². The molecular formula is C23H20F2N2O6S. The van der Waals surface area contributed by atoms with Crippen molar-refractivity contribution in [2.45, 2.75) is 24.5 Å². The first-order valence-electron chi connectivity index (χ1n) is 10.1. The quantitative estimate of drug-likeness (QED) is 0.405. The standard InChI is InChI=1S/C23H20F2N2O6S/c1-14-2-11-20(25)21-19(14)12-13-27(22(21)33-23(28)26-29)34(30,31)18-9-7-17(8-10-18)32-16-5-3-15(24)4-6-16/h2-11,22,29H,12-13H2,1H3,(H,26,28)/t22-/m0/s1. The molecule has 0 aliphatic carbocycles. The van der Waals surface area contributed by atoms with Crippen molar-refractivity contribution in [3.05, 3.63) is 89.0 Å². The smallest absolute Gasteiger partial charge is 0.432 e. The van der Waals surface area contributed by atoms with Crippen LogP contribution in [0.2, 0.25) is 0 Å². The third-order valence-electron chi connectivity index (χ3n) is 5.42. The summed E-state index contributed by atoms with van der Waals surface area (Å²) < 4.78 is 66.2. The van der Waals surface area contributed by atoms with Crippen molar-refractivity contribution in [1.29, 1.82) is 0 Å². The van der Waals surface area contributed by atoms with Crippen LogP contribution in [0.15, 0.2) is 65.6 Å². The number of halogens is 2. The summed E-state index contributed by atoms with van der Waals surface area (Å²) in [7, 11) is -4.26. The van der Waals surface area contributed by atoms with E-state index in [2.05, 4.69) is 0 Å². The number of ether oxygens (including phenoxy) is 2. The number of carbonyl (C=O) groups excluding carboxylic acids is 1. The minimum atomic E-state index is -4.26. The van der Waals surface area contributed by atoms with E-state index in [0.29, 0.717) is 22.6 Å². The van der Waals surface area contributed by atoms with Crippen molar-refractivity contribution in [2.75, 3.05) is 6.54 Å². The Bertz CT molecular complexity index is 1310. The van der Waals surface area contributed by atoms with E-state index in [1.807, 2.05) is 0 Å². The van der Waals surface area contributed by atoms with Crippen molar-refractivity contribution in [3.63, 3.8) is 0 Å². The molecule has 34 heavy (non-hydrogen) atoms. The van der Waals surface area contributed by atoms with E-state index in [1.54, 1.807) is 13.0 Å². The summed E-state index contributed by atoms with van der Waals surface area (Å²) in [5.74, 6) is -0.489. The van der Waals surface area contributed by atoms with Gasteiger partial charge >= 0.3 is 6.09 Å². The van der Waals surface area contributed by atoms with Gasteiger partial charge in [-0.25, -0.2) is 27.5 Å². The highest BCUT2D eigenvalue weighted by atomic mass is 32.2. The molecule has 0 radical (unpaired) electrons. The highest BCUT2D eigenvalue weighted by Crippen LogP contribution is 2.38. The summed E-state index contributed by atoms with van der Waals surface area (Å²) in [5, 5.41) is 8.89. The second kappa shape index (κ2) is 9.37. The van der Waals surface area contributed by atoms with Gasteiger partial charge in [0.2, 0.25) is 10.0 Å². The largest absolute Gasteiger partial charge is 0.457 e. The Kier molecular flexibility index (Phi) is 6.51. The molecule has 0 spiro atoms.